The summed E-state index contributed by atoms with van der Waals surface area (Å²) >= 11 is 1.56. The molecule has 1 saturated heterocycles. The van der Waals surface area contributed by atoms with Crippen LogP contribution in [0.2, 0.25) is 0 Å². The van der Waals surface area contributed by atoms with E-state index >= 15 is 0 Å². The van der Waals surface area contributed by atoms with Gasteiger partial charge in [-0.1, -0.05) is 26.7 Å². The fourth-order valence-corrected chi connectivity index (χ4v) is 3.96. The van der Waals surface area contributed by atoms with Gasteiger partial charge in [-0.25, -0.2) is 0 Å². The van der Waals surface area contributed by atoms with Crippen LogP contribution in [0.1, 0.15) is 41.2 Å². The van der Waals surface area contributed by atoms with E-state index in [-0.39, 0.29) is 5.91 Å². The summed E-state index contributed by atoms with van der Waals surface area (Å²) < 4.78 is 5.47. The Kier molecular flexibility index (Phi) is 6.86. The molecule has 5 heteroatoms. The summed E-state index contributed by atoms with van der Waals surface area (Å²) in [5.74, 6) is 0.672. The molecule has 4 nitrogen and oxygen atoms in total. The number of ether oxygens (including phenoxy) is 1. The zero-order valence-corrected chi connectivity index (χ0v) is 14.7. The molecule has 1 amide bonds. The van der Waals surface area contributed by atoms with Crippen LogP contribution in [0.4, 0.5) is 0 Å². The van der Waals surface area contributed by atoms with Crippen molar-refractivity contribution in [3.8, 4) is 0 Å². The first kappa shape index (κ1) is 17.4. The topological polar surface area (TPSA) is 41.6 Å². The highest BCUT2D eigenvalue weighted by atomic mass is 32.1. The molecule has 1 atom stereocenters. The molecule has 0 saturated carbocycles. The van der Waals surface area contributed by atoms with E-state index in [2.05, 4.69) is 24.1 Å². The van der Waals surface area contributed by atoms with Crippen LogP contribution >= 0.6 is 11.3 Å². The quantitative estimate of drug-likeness (QED) is 0.838. The molecule has 1 aliphatic heterocycles. The molecule has 1 N–H and O–H groups in total. The number of thiophene rings is 1. The number of hydrogen-bond acceptors (Lipinski definition) is 4. The van der Waals surface area contributed by atoms with Crippen molar-refractivity contribution in [3.05, 3.63) is 21.9 Å². The molecule has 1 aromatic heterocycles. The van der Waals surface area contributed by atoms with Crippen LogP contribution in [-0.4, -0.2) is 49.7 Å². The Bertz CT molecular complexity index is 465. The highest BCUT2D eigenvalue weighted by Gasteiger charge is 2.27. The zero-order chi connectivity index (χ0) is 15.9. The van der Waals surface area contributed by atoms with Gasteiger partial charge in [-0.2, -0.15) is 0 Å². The molecule has 1 unspecified atom stereocenters. The van der Waals surface area contributed by atoms with Crippen molar-refractivity contribution < 1.29 is 9.53 Å². The van der Waals surface area contributed by atoms with E-state index in [9.17, 15) is 4.79 Å². The molecule has 0 aliphatic carbocycles. The predicted molar refractivity (Wildman–Crippen MR) is 91.6 cm³/mol. The van der Waals surface area contributed by atoms with Crippen LogP contribution < -0.4 is 5.32 Å². The summed E-state index contributed by atoms with van der Waals surface area (Å²) in [6.07, 6.45) is 2.29. The maximum absolute atomic E-state index is 12.3. The van der Waals surface area contributed by atoms with E-state index in [1.807, 2.05) is 19.1 Å². The molecule has 1 fully saturated rings. The molecule has 0 radical (unpaired) electrons. The minimum Gasteiger partial charge on any atom is -0.379 e. The monoisotopic (exact) mass is 324 g/mol. The first-order valence-corrected chi connectivity index (χ1v) is 9.13. The van der Waals surface area contributed by atoms with Crippen molar-refractivity contribution in [3.63, 3.8) is 0 Å². The SMILES string of the molecule is CCC(CC)C(CNC(=O)c1ccc(C)s1)N1CCOCC1. The first-order chi connectivity index (χ1) is 10.7. The van der Waals surface area contributed by atoms with Crippen LogP contribution in [0, 0.1) is 12.8 Å². The van der Waals surface area contributed by atoms with E-state index < -0.39 is 0 Å². The molecule has 22 heavy (non-hydrogen) atoms. The number of carbonyl (C=O) groups is 1. The third-order valence-electron chi connectivity index (χ3n) is 4.54. The second-order valence-corrected chi connectivity index (χ2v) is 7.20. The van der Waals surface area contributed by atoms with Crippen LogP contribution in [0.15, 0.2) is 12.1 Å². The van der Waals surface area contributed by atoms with Crippen molar-refractivity contribution in [2.75, 3.05) is 32.8 Å². The Morgan fingerprint density at radius 2 is 2.00 bits per heavy atom. The van der Waals surface area contributed by atoms with Gasteiger partial charge in [0.25, 0.3) is 5.91 Å². The molecular weight excluding hydrogens is 296 g/mol. The Morgan fingerprint density at radius 1 is 1.32 bits per heavy atom. The number of amides is 1. The van der Waals surface area contributed by atoms with Crippen molar-refractivity contribution in [2.45, 2.75) is 39.7 Å². The minimum absolute atomic E-state index is 0.0577. The molecule has 2 rings (SSSR count). The highest BCUT2D eigenvalue weighted by Crippen LogP contribution is 2.20. The second kappa shape index (κ2) is 8.65. The van der Waals surface area contributed by atoms with Crippen molar-refractivity contribution in [2.24, 2.45) is 5.92 Å². The van der Waals surface area contributed by atoms with Crippen LogP contribution in [0.3, 0.4) is 0 Å². The normalized spacial score (nSPS) is 17.6. The summed E-state index contributed by atoms with van der Waals surface area (Å²) in [6, 6.07) is 4.32. The number of rotatable bonds is 7. The lowest BCUT2D eigenvalue weighted by atomic mass is 9.92. The van der Waals surface area contributed by atoms with Crippen molar-refractivity contribution in [1.29, 1.82) is 0 Å². The van der Waals surface area contributed by atoms with Crippen molar-refractivity contribution in [1.82, 2.24) is 10.2 Å². The van der Waals surface area contributed by atoms with Gasteiger partial charge in [0, 0.05) is 30.6 Å². The lowest BCUT2D eigenvalue weighted by Gasteiger charge is -2.38. The van der Waals surface area contributed by atoms with Gasteiger partial charge in [0.1, 0.15) is 0 Å². The fraction of sp³-hybridized carbons (Fsp3) is 0.706. The molecule has 0 aromatic carbocycles. The summed E-state index contributed by atoms with van der Waals surface area (Å²) in [6.45, 7) is 10.8. The Balaban J connectivity index is 1.97. The number of nitrogens with one attached hydrogen (secondary N) is 1. The first-order valence-electron chi connectivity index (χ1n) is 8.32. The lowest BCUT2D eigenvalue weighted by molar-refractivity contribution is 0.00192. The number of morpholine rings is 1. The zero-order valence-electron chi connectivity index (χ0n) is 13.9. The molecule has 1 aromatic rings. The predicted octanol–water partition coefficient (Wildman–Crippen LogP) is 2.92. The van der Waals surface area contributed by atoms with E-state index in [0.717, 1.165) is 50.6 Å². The average molecular weight is 324 g/mol. The summed E-state index contributed by atoms with van der Waals surface area (Å²) in [5, 5.41) is 3.15. The average Bonchev–Trinajstić information content (AvgIpc) is 2.98. The molecule has 0 spiro atoms. The highest BCUT2D eigenvalue weighted by molar-refractivity contribution is 7.13. The van der Waals surface area contributed by atoms with Gasteiger partial charge in [-0.05, 0) is 25.0 Å². The summed E-state index contributed by atoms with van der Waals surface area (Å²) in [5.41, 5.74) is 0. The van der Waals surface area contributed by atoms with Gasteiger partial charge >= 0.3 is 0 Å². The van der Waals surface area contributed by atoms with Gasteiger partial charge in [-0.3, -0.25) is 9.69 Å². The number of hydrogen-bond donors (Lipinski definition) is 1. The summed E-state index contributed by atoms with van der Waals surface area (Å²) in [4.78, 5) is 16.8. The van der Waals surface area contributed by atoms with E-state index in [0.29, 0.717) is 12.0 Å². The molecule has 1 aliphatic rings. The van der Waals surface area contributed by atoms with E-state index in [1.54, 1.807) is 11.3 Å². The molecule has 2 heterocycles. The van der Waals surface area contributed by atoms with Gasteiger partial charge in [-0.15, -0.1) is 11.3 Å². The Labute approximate surface area is 137 Å². The second-order valence-electron chi connectivity index (χ2n) is 5.91. The molecule has 124 valence electrons. The number of carbonyl (C=O) groups excluding carboxylic acids is 1. The third kappa shape index (κ3) is 4.54. The maximum Gasteiger partial charge on any atom is 0.261 e. The van der Waals surface area contributed by atoms with Gasteiger partial charge in [0.15, 0.2) is 0 Å². The summed E-state index contributed by atoms with van der Waals surface area (Å²) in [7, 11) is 0. The van der Waals surface area contributed by atoms with Crippen LogP contribution in [0.5, 0.6) is 0 Å². The number of nitrogens with zero attached hydrogens (tertiary/aromatic N) is 1. The number of aryl methyl sites for hydroxylation is 1. The molecule has 0 bridgehead atoms. The van der Waals surface area contributed by atoms with Crippen molar-refractivity contribution >= 4 is 17.2 Å². The largest absolute Gasteiger partial charge is 0.379 e. The van der Waals surface area contributed by atoms with Gasteiger partial charge < -0.3 is 10.1 Å². The van der Waals surface area contributed by atoms with Gasteiger partial charge in [0.05, 0.1) is 18.1 Å². The minimum atomic E-state index is 0.0577. The maximum atomic E-state index is 12.3. The Morgan fingerprint density at radius 3 is 2.55 bits per heavy atom. The third-order valence-corrected chi connectivity index (χ3v) is 5.54. The van der Waals surface area contributed by atoms with E-state index in [1.165, 1.54) is 4.88 Å². The molecular formula is C17H28N2O2S. The van der Waals surface area contributed by atoms with E-state index in [4.69, 9.17) is 4.74 Å². The van der Waals surface area contributed by atoms with Crippen LogP contribution in [0.25, 0.3) is 0 Å². The lowest BCUT2D eigenvalue weighted by Crippen LogP contribution is -2.52. The van der Waals surface area contributed by atoms with Crippen LogP contribution in [-0.2, 0) is 4.74 Å². The Hall–Kier alpha value is -0.910. The smallest absolute Gasteiger partial charge is 0.261 e. The standard InChI is InChI=1S/C17H28N2O2S/c1-4-14(5-2)15(19-8-10-21-11-9-19)12-18-17(20)16-7-6-13(3)22-16/h6-7,14-15H,4-5,8-12H2,1-3H3,(H,18,20). The van der Waals surface area contributed by atoms with Gasteiger partial charge in [0.2, 0.25) is 0 Å². The fourth-order valence-electron chi connectivity index (χ4n) is 3.18.